The van der Waals surface area contributed by atoms with Crippen molar-refractivity contribution in [1.29, 1.82) is 0 Å². The minimum atomic E-state index is -0.434. The summed E-state index contributed by atoms with van der Waals surface area (Å²) in [7, 11) is -0.434. The van der Waals surface area contributed by atoms with E-state index in [-0.39, 0.29) is 25.0 Å². The molecule has 0 spiro atoms. The summed E-state index contributed by atoms with van der Waals surface area (Å²) < 4.78 is 6.18. The van der Waals surface area contributed by atoms with Crippen molar-refractivity contribution >= 4 is 7.12 Å². The molecule has 0 unspecified atom stereocenters. The molecule has 6 aromatic rings. The molecule has 3 heterocycles. The van der Waals surface area contributed by atoms with Crippen LogP contribution >= 0.6 is 0 Å². The minimum absolute atomic E-state index is 0. The zero-order valence-electron chi connectivity index (χ0n) is 29.9. The predicted octanol–water partition coefficient (Wildman–Crippen LogP) is 8.67. The standard InChI is InChI=1S/C39H45BN6.H2O.Zn/c1-25(2)31-10-16-34(17-11-31)37-22-28(7)44(41-37)40(45-29(8)23-38(42-45)35-18-12-32(13-19-35)26(3)4)46-30(9)24-39(43-46)36-20-14-33(15-21-36)27(5)6;;/h10-27H,1-9H3;1H2;/q-1;;. The second kappa shape index (κ2) is 15.0. The Morgan fingerprint density at radius 3 is 0.875 bits per heavy atom. The summed E-state index contributed by atoms with van der Waals surface area (Å²) in [6.45, 7) is 19.7. The Balaban J connectivity index is 0.00000260. The minimum Gasteiger partial charge on any atom is -0.422 e. The molecule has 0 aliphatic rings. The zero-order chi connectivity index (χ0) is 32.7. The van der Waals surface area contributed by atoms with Crippen LogP contribution in [0.15, 0.2) is 91.0 Å². The Hall–Kier alpha value is -4.06. The van der Waals surface area contributed by atoms with E-state index in [0.717, 1.165) is 50.9 Å². The van der Waals surface area contributed by atoms with Gasteiger partial charge in [-0.05, 0) is 90.5 Å². The topological polar surface area (TPSA) is 85.0 Å². The van der Waals surface area contributed by atoms with Gasteiger partial charge in [0.2, 0.25) is 0 Å². The van der Waals surface area contributed by atoms with Crippen molar-refractivity contribution in [2.75, 3.05) is 0 Å². The number of hydrogen-bond acceptors (Lipinski definition) is 3. The molecule has 7 nitrogen and oxygen atoms in total. The maximum atomic E-state index is 5.21. The fourth-order valence-corrected chi connectivity index (χ4v) is 6.02. The summed E-state index contributed by atoms with van der Waals surface area (Å²) >= 11 is 0. The number of rotatable bonds is 9. The average Bonchev–Trinajstić information content (AvgIpc) is 3.74. The van der Waals surface area contributed by atoms with Crippen LogP contribution in [0.5, 0.6) is 0 Å². The first-order valence-electron chi connectivity index (χ1n) is 16.5. The molecular weight excluding hydrogens is 645 g/mol. The van der Waals surface area contributed by atoms with E-state index in [9.17, 15) is 0 Å². The zero-order valence-corrected chi connectivity index (χ0v) is 32.8. The van der Waals surface area contributed by atoms with Gasteiger partial charge in [-0.25, -0.2) is 15.3 Å². The molecule has 3 aromatic heterocycles. The number of benzene rings is 3. The van der Waals surface area contributed by atoms with Gasteiger partial charge in [0.25, 0.3) is 7.12 Å². The molecule has 0 aliphatic carbocycles. The van der Waals surface area contributed by atoms with Gasteiger partial charge in [0.15, 0.2) is 0 Å². The SMILES string of the molecule is Cc1cc(-c2ccc(C(C)C)cc2)nn1[B-](n1nc(-c2ccc(C(C)C)cc2)cc1C)n1nc(-c2ccc(C(C)C)cc2)cc1C.O.[Zn]. The molecule has 0 atom stereocenters. The second-order valence-electron chi connectivity index (χ2n) is 13.5. The van der Waals surface area contributed by atoms with E-state index in [1.807, 2.05) is 0 Å². The quantitative estimate of drug-likeness (QED) is 0.142. The van der Waals surface area contributed by atoms with Gasteiger partial charge in [0.1, 0.15) is 0 Å². The third kappa shape index (κ3) is 7.33. The van der Waals surface area contributed by atoms with Crippen molar-refractivity contribution in [3.63, 3.8) is 0 Å². The van der Waals surface area contributed by atoms with Crippen LogP contribution < -0.4 is 0 Å². The smallest absolute Gasteiger partial charge is 0.261 e. The van der Waals surface area contributed by atoms with Gasteiger partial charge in [-0.15, -0.1) is 0 Å². The Labute approximate surface area is 298 Å². The van der Waals surface area contributed by atoms with Gasteiger partial charge >= 0.3 is 0 Å². The molecule has 9 heteroatoms. The Morgan fingerprint density at radius 1 is 0.438 bits per heavy atom. The summed E-state index contributed by atoms with van der Waals surface area (Å²) in [5.41, 5.74) is 13.1. The van der Waals surface area contributed by atoms with Crippen molar-refractivity contribution in [3.8, 4) is 33.8 Å². The molecular formula is C39H47BN6OZn-. The molecule has 6 rings (SSSR count). The molecule has 0 fully saturated rings. The number of aromatic nitrogens is 6. The third-order valence-electron chi connectivity index (χ3n) is 9.04. The van der Waals surface area contributed by atoms with Gasteiger partial charge < -0.3 is 19.3 Å². The maximum Gasteiger partial charge on any atom is 0.261 e. The van der Waals surface area contributed by atoms with E-state index < -0.39 is 7.12 Å². The van der Waals surface area contributed by atoms with Crippen LogP contribution in [0.25, 0.3) is 33.8 Å². The number of hydrogen-bond donors (Lipinski definition) is 0. The van der Waals surface area contributed by atoms with Crippen LogP contribution in [-0.2, 0) is 19.5 Å². The molecule has 48 heavy (non-hydrogen) atoms. The first-order valence-corrected chi connectivity index (χ1v) is 16.5. The van der Waals surface area contributed by atoms with Crippen molar-refractivity contribution in [2.45, 2.75) is 80.1 Å². The molecule has 0 aliphatic heterocycles. The summed E-state index contributed by atoms with van der Waals surface area (Å²) in [6, 6.07) is 32.7. The van der Waals surface area contributed by atoms with Crippen LogP contribution in [0, 0.1) is 20.8 Å². The van der Waals surface area contributed by atoms with Crippen LogP contribution in [0.2, 0.25) is 0 Å². The fraction of sp³-hybridized carbons (Fsp3) is 0.308. The van der Waals surface area contributed by atoms with Gasteiger partial charge in [0.05, 0.1) is 17.1 Å². The fourth-order valence-electron chi connectivity index (χ4n) is 6.02. The van der Waals surface area contributed by atoms with E-state index in [1.54, 1.807) is 0 Å². The number of aryl methyl sites for hydroxylation is 3. The first kappa shape index (κ1) is 36.8. The van der Waals surface area contributed by atoms with Crippen LogP contribution in [0.1, 0.15) is 93.1 Å². The largest absolute Gasteiger partial charge is 0.422 e. The van der Waals surface area contributed by atoms with Crippen LogP contribution in [0.4, 0.5) is 0 Å². The summed E-state index contributed by atoms with van der Waals surface area (Å²) in [4.78, 5) is 0. The molecule has 2 N–H and O–H groups in total. The summed E-state index contributed by atoms with van der Waals surface area (Å²) in [5, 5.41) is 15.6. The van der Waals surface area contributed by atoms with Crippen molar-refractivity contribution in [1.82, 2.24) is 29.1 Å². The average molecular weight is 692 g/mol. The normalized spacial score (nSPS) is 11.4. The molecule has 1 radical (unpaired) electrons. The van der Waals surface area contributed by atoms with E-state index in [0.29, 0.717) is 17.8 Å². The van der Waals surface area contributed by atoms with Gasteiger partial charge in [-0.2, -0.15) is 0 Å². The third-order valence-corrected chi connectivity index (χ3v) is 9.04. The monoisotopic (exact) mass is 690 g/mol. The van der Waals surface area contributed by atoms with E-state index in [1.165, 1.54) is 16.7 Å². The van der Waals surface area contributed by atoms with Crippen molar-refractivity contribution < 1.29 is 25.0 Å². The van der Waals surface area contributed by atoms with Gasteiger partial charge in [-0.3, -0.25) is 0 Å². The predicted molar refractivity (Wildman–Crippen MR) is 195 cm³/mol. The summed E-state index contributed by atoms with van der Waals surface area (Å²) in [6.07, 6.45) is 0. The van der Waals surface area contributed by atoms with E-state index in [4.69, 9.17) is 15.3 Å². The Bertz CT molecular complexity index is 1720. The molecule has 0 amide bonds. The second-order valence-corrected chi connectivity index (χ2v) is 13.5. The Morgan fingerprint density at radius 2 is 0.667 bits per heavy atom. The van der Waals surface area contributed by atoms with Crippen LogP contribution in [0.3, 0.4) is 0 Å². The van der Waals surface area contributed by atoms with Gasteiger partial charge in [-0.1, -0.05) is 114 Å². The van der Waals surface area contributed by atoms with Crippen molar-refractivity contribution in [2.24, 2.45) is 0 Å². The molecule has 0 saturated heterocycles. The Kier molecular flexibility index (Phi) is 11.5. The summed E-state index contributed by atoms with van der Waals surface area (Å²) in [5.74, 6) is 1.44. The maximum absolute atomic E-state index is 5.21. The molecule has 0 bridgehead atoms. The molecule has 3 aromatic carbocycles. The molecule has 0 saturated carbocycles. The number of nitrogens with zero attached hydrogens (tertiary/aromatic N) is 6. The van der Waals surface area contributed by atoms with E-state index >= 15 is 0 Å². The van der Waals surface area contributed by atoms with Crippen molar-refractivity contribution in [3.05, 3.63) is 125 Å². The first-order chi connectivity index (χ1) is 22.0. The van der Waals surface area contributed by atoms with Gasteiger partial charge in [0, 0.05) is 36.2 Å². The van der Waals surface area contributed by atoms with E-state index in [2.05, 4.69) is 167 Å². The molecule has 245 valence electrons. The van der Waals surface area contributed by atoms with Crippen LogP contribution in [-0.4, -0.2) is 41.7 Å².